The number of nitrogens with one attached hydrogen (secondary N) is 1. The Kier molecular flexibility index (Phi) is 5.83. The Morgan fingerprint density at radius 2 is 2.00 bits per heavy atom. The number of anilines is 1. The number of aromatic hydroxyl groups is 1. The zero-order valence-corrected chi connectivity index (χ0v) is 16.9. The molecule has 0 saturated heterocycles. The zero-order chi connectivity index (χ0) is 20.3. The van der Waals surface area contributed by atoms with Gasteiger partial charge in [0, 0.05) is 43.4 Å². The van der Waals surface area contributed by atoms with E-state index >= 15 is 0 Å². The van der Waals surface area contributed by atoms with Crippen LogP contribution in [-0.4, -0.2) is 30.1 Å². The van der Waals surface area contributed by atoms with Crippen LogP contribution in [0.15, 0.2) is 48.7 Å². The van der Waals surface area contributed by atoms with Gasteiger partial charge in [-0.15, -0.1) is 0 Å². The van der Waals surface area contributed by atoms with Gasteiger partial charge < -0.3 is 15.3 Å². The molecule has 2 N–H and O–H groups in total. The lowest BCUT2D eigenvalue weighted by molar-refractivity contribution is -0.121. The Morgan fingerprint density at radius 1 is 1.21 bits per heavy atom. The number of rotatable bonds is 6. The maximum absolute atomic E-state index is 12.5. The summed E-state index contributed by atoms with van der Waals surface area (Å²) in [6.45, 7) is 3.97. The summed E-state index contributed by atoms with van der Waals surface area (Å²) in [7, 11) is 3.96. The van der Waals surface area contributed by atoms with Crippen LogP contribution in [-0.2, 0) is 4.79 Å². The molecule has 146 valence electrons. The van der Waals surface area contributed by atoms with Crippen molar-refractivity contribution in [2.24, 2.45) is 0 Å². The Hall–Kier alpha value is -3.08. The first-order chi connectivity index (χ1) is 13.4. The molecule has 5 nitrogen and oxygen atoms in total. The van der Waals surface area contributed by atoms with Gasteiger partial charge in [-0.25, -0.2) is 0 Å². The molecule has 28 heavy (non-hydrogen) atoms. The Labute approximate surface area is 166 Å². The first-order valence-electron chi connectivity index (χ1n) is 9.56. The minimum atomic E-state index is -0.455. The monoisotopic (exact) mass is 377 g/mol. The summed E-state index contributed by atoms with van der Waals surface area (Å²) in [4.78, 5) is 18.8. The lowest BCUT2D eigenvalue weighted by Crippen LogP contribution is -2.29. The minimum absolute atomic E-state index is 0.0408. The van der Waals surface area contributed by atoms with Crippen LogP contribution in [0, 0.1) is 6.92 Å². The van der Waals surface area contributed by atoms with Crippen molar-refractivity contribution in [3.8, 4) is 5.75 Å². The third kappa shape index (κ3) is 3.93. The average Bonchev–Trinajstić information content (AvgIpc) is 2.69. The van der Waals surface area contributed by atoms with Crippen LogP contribution >= 0.6 is 0 Å². The second kappa shape index (κ2) is 8.30. The van der Waals surface area contributed by atoms with Crippen molar-refractivity contribution >= 4 is 22.5 Å². The summed E-state index contributed by atoms with van der Waals surface area (Å²) in [5.41, 5.74) is 4.16. The summed E-state index contributed by atoms with van der Waals surface area (Å²) >= 11 is 0. The first-order valence-corrected chi connectivity index (χ1v) is 9.56. The van der Waals surface area contributed by atoms with E-state index in [1.54, 1.807) is 6.20 Å². The number of aromatic nitrogens is 1. The molecule has 3 aromatic rings. The fourth-order valence-electron chi connectivity index (χ4n) is 3.43. The van der Waals surface area contributed by atoms with Crippen molar-refractivity contribution in [1.29, 1.82) is 0 Å². The standard InChI is InChI=1S/C23H27N3O2/c1-5-8-20(27)25-21(16-9-6-10-17(14-16)26(3)4)19-13-15(2)18-11-7-12-24-22(18)23(19)28/h6-7,9-14,21,28H,5,8H2,1-4H3,(H,25,27). The highest BCUT2D eigenvalue weighted by atomic mass is 16.3. The first kappa shape index (κ1) is 19.7. The van der Waals surface area contributed by atoms with Crippen molar-refractivity contribution in [3.05, 3.63) is 65.4 Å². The third-order valence-corrected chi connectivity index (χ3v) is 4.92. The minimum Gasteiger partial charge on any atom is -0.505 e. The molecule has 0 spiro atoms. The number of phenols is 1. The van der Waals surface area contributed by atoms with Gasteiger partial charge in [-0.3, -0.25) is 9.78 Å². The van der Waals surface area contributed by atoms with Crippen molar-refractivity contribution in [3.63, 3.8) is 0 Å². The van der Waals surface area contributed by atoms with E-state index in [4.69, 9.17) is 0 Å². The molecule has 5 heteroatoms. The van der Waals surface area contributed by atoms with E-state index in [-0.39, 0.29) is 11.7 Å². The third-order valence-electron chi connectivity index (χ3n) is 4.92. The summed E-state index contributed by atoms with van der Waals surface area (Å²) in [6, 6.07) is 13.3. The molecule has 1 unspecified atom stereocenters. The number of amides is 1. The van der Waals surface area contributed by atoms with E-state index in [2.05, 4.69) is 10.3 Å². The van der Waals surface area contributed by atoms with E-state index < -0.39 is 6.04 Å². The Balaban J connectivity index is 2.17. The molecule has 1 heterocycles. The van der Waals surface area contributed by atoms with E-state index in [9.17, 15) is 9.90 Å². The molecule has 0 fully saturated rings. The van der Waals surface area contributed by atoms with E-state index in [0.29, 0.717) is 17.5 Å². The molecule has 3 rings (SSSR count). The molecular formula is C23H27N3O2. The number of fused-ring (bicyclic) bond motifs is 1. The van der Waals surface area contributed by atoms with Gasteiger partial charge in [-0.05, 0) is 48.7 Å². The molecule has 0 aliphatic rings. The maximum atomic E-state index is 12.5. The van der Waals surface area contributed by atoms with Crippen LogP contribution in [0.5, 0.6) is 5.75 Å². The fourth-order valence-corrected chi connectivity index (χ4v) is 3.43. The number of phenolic OH excluding ortho intramolecular Hbond substituents is 1. The lowest BCUT2D eigenvalue weighted by Gasteiger charge is -2.24. The van der Waals surface area contributed by atoms with Crippen LogP contribution in [0.3, 0.4) is 0 Å². The number of hydrogen-bond donors (Lipinski definition) is 2. The molecule has 0 aliphatic carbocycles. The number of nitrogens with zero attached hydrogens (tertiary/aromatic N) is 2. The van der Waals surface area contributed by atoms with Crippen molar-refractivity contribution < 1.29 is 9.90 Å². The lowest BCUT2D eigenvalue weighted by atomic mass is 9.93. The molecule has 0 bridgehead atoms. The fraction of sp³-hybridized carbons (Fsp3) is 0.304. The van der Waals surface area contributed by atoms with Crippen LogP contribution in [0.1, 0.15) is 42.5 Å². The Bertz CT molecular complexity index is 998. The number of carbonyl (C=O) groups is 1. The molecule has 2 aromatic carbocycles. The average molecular weight is 377 g/mol. The molecule has 0 aliphatic heterocycles. The van der Waals surface area contributed by atoms with Gasteiger partial charge >= 0.3 is 0 Å². The van der Waals surface area contributed by atoms with Gasteiger partial charge in [0.1, 0.15) is 11.3 Å². The number of carbonyl (C=O) groups excluding carboxylic acids is 1. The predicted octanol–water partition coefficient (Wildman–Crippen LogP) is 4.32. The van der Waals surface area contributed by atoms with E-state index in [0.717, 1.165) is 28.6 Å². The largest absolute Gasteiger partial charge is 0.505 e. The summed E-state index contributed by atoms with van der Waals surface area (Å²) in [5, 5.41) is 15.0. The predicted molar refractivity (Wildman–Crippen MR) is 114 cm³/mol. The topological polar surface area (TPSA) is 65.5 Å². The molecule has 0 saturated carbocycles. The molecule has 1 aromatic heterocycles. The highest BCUT2D eigenvalue weighted by Crippen LogP contribution is 2.37. The Morgan fingerprint density at radius 3 is 2.71 bits per heavy atom. The number of pyridine rings is 1. The van der Waals surface area contributed by atoms with E-state index in [1.165, 1.54) is 0 Å². The van der Waals surface area contributed by atoms with Gasteiger partial charge in [0.05, 0.1) is 6.04 Å². The van der Waals surface area contributed by atoms with Crippen molar-refractivity contribution in [2.75, 3.05) is 19.0 Å². The smallest absolute Gasteiger partial charge is 0.220 e. The van der Waals surface area contributed by atoms with Gasteiger partial charge in [-0.1, -0.05) is 25.1 Å². The number of hydrogen-bond acceptors (Lipinski definition) is 4. The van der Waals surface area contributed by atoms with Crippen molar-refractivity contribution in [1.82, 2.24) is 10.3 Å². The second-order valence-corrected chi connectivity index (χ2v) is 7.27. The highest BCUT2D eigenvalue weighted by Gasteiger charge is 2.23. The quantitative estimate of drug-likeness (QED) is 0.671. The molecular weight excluding hydrogens is 350 g/mol. The van der Waals surface area contributed by atoms with Gasteiger partial charge in [0.2, 0.25) is 5.91 Å². The van der Waals surface area contributed by atoms with Gasteiger partial charge in [0.15, 0.2) is 0 Å². The van der Waals surface area contributed by atoms with E-state index in [1.807, 2.05) is 75.3 Å². The number of benzene rings is 2. The van der Waals surface area contributed by atoms with Gasteiger partial charge in [0.25, 0.3) is 0 Å². The second-order valence-electron chi connectivity index (χ2n) is 7.27. The highest BCUT2D eigenvalue weighted by molar-refractivity contribution is 5.89. The molecule has 1 amide bonds. The number of aryl methyl sites for hydroxylation is 1. The maximum Gasteiger partial charge on any atom is 0.220 e. The van der Waals surface area contributed by atoms with Crippen LogP contribution < -0.4 is 10.2 Å². The summed E-state index contributed by atoms with van der Waals surface area (Å²) < 4.78 is 0. The summed E-state index contributed by atoms with van der Waals surface area (Å²) in [6.07, 6.45) is 2.87. The normalized spacial score (nSPS) is 12.0. The molecule has 0 radical (unpaired) electrons. The zero-order valence-electron chi connectivity index (χ0n) is 16.9. The summed E-state index contributed by atoms with van der Waals surface area (Å²) in [5.74, 6) is 0.0687. The van der Waals surface area contributed by atoms with Crippen molar-refractivity contribution in [2.45, 2.75) is 32.7 Å². The SMILES string of the molecule is CCCC(=O)NC(c1cccc(N(C)C)c1)c1cc(C)c2cccnc2c1O. The van der Waals surface area contributed by atoms with Crippen LogP contribution in [0.2, 0.25) is 0 Å². The van der Waals surface area contributed by atoms with Gasteiger partial charge in [-0.2, -0.15) is 0 Å². The molecule has 1 atom stereocenters. The van der Waals surface area contributed by atoms with Crippen LogP contribution in [0.25, 0.3) is 10.9 Å². The van der Waals surface area contributed by atoms with Crippen LogP contribution in [0.4, 0.5) is 5.69 Å².